The molecule has 0 aliphatic carbocycles. The van der Waals surface area contributed by atoms with E-state index >= 15 is 0 Å². The number of ether oxygens (including phenoxy) is 1. The standard InChI is InChI=1S/C15H22FN3O2/c1-2-21-12-5-7-19(8-6-12)10-15(20)18-11-3-4-13(16)14(17)9-11/h3-4,9,12H,2,5-8,10,17H2,1H3,(H,18,20). The number of nitrogens with one attached hydrogen (secondary N) is 1. The summed E-state index contributed by atoms with van der Waals surface area (Å²) in [5.74, 6) is -0.595. The number of nitrogens with zero attached hydrogens (tertiary/aromatic N) is 1. The lowest BCUT2D eigenvalue weighted by Crippen LogP contribution is -2.41. The van der Waals surface area contributed by atoms with Crippen molar-refractivity contribution in [1.29, 1.82) is 0 Å². The van der Waals surface area contributed by atoms with Gasteiger partial charge in [-0.1, -0.05) is 0 Å². The first-order chi connectivity index (χ1) is 10.1. The van der Waals surface area contributed by atoms with Crippen molar-refractivity contribution >= 4 is 17.3 Å². The third-order valence-electron chi connectivity index (χ3n) is 3.58. The van der Waals surface area contributed by atoms with E-state index in [1.165, 1.54) is 18.2 Å². The molecule has 6 heteroatoms. The predicted octanol–water partition coefficient (Wildman–Crippen LogP) is 1.85. The van der Waals surface area contributed by atoms with Gasteiger partial charge in [-0.2, -0.15) is 0 Å². The first-order valence-electron chi connectivity index (χ1n) is 7.27. The molecular formula is C15H22FN3O2. The topological polar surface area (TPSA) is 67.6 Å². The quantitative estimate of drug-likeness (QED) is 0.814. The maximum atomic E-state index is 13.1. The number of likely N-dealkylation sites (tertiary alicyclic amines) is 1. The summed E-state index contributed by atoms with van der Waals surface area (Å²) in [4.78, 5) is 14.1. The van der Waals surface area contributed by atoms with Gasteiger partial charge in [-0.05, 0) is 38.0 Å². The summed E-state index contributed by atoms with van der Waals surface area (Å²) in [5, 5.41) is 2.74. The van der Waals surface area contributed by atoms with Crippen LogP contribution in [-0.2, 0) is 9.53 Å². The molecular weight excluding hydrogens is 273 g/mol. The summed E-state index contributed by atoms with van der Waals surface area (Å²) in [7, 11) is 0. The molecule has 1 aliphatic rings. The van der Waals surface area contributed by atoms with Crippen molar-refractivity contribution in [1.82, 2.24) is 4.90 Å². The summed E-state index contributed by atoms with van der Waals surface area (Å²) in [6.45, 7) is 4.76. The van der Waals surface area contributed by atoms with Crippen LogP contribution in [0.2, 0.25) is 0 Å². The number of anilines is 2. The van der Waals surface area contributed by atoms with Crippen LogP contribution in [0.25, 0.3) is 0 Å². The Kier molecular flexibility index (Phi) is 5.52. The van der Waals surface area contributed by atoms with Gasteiger partial charge in [0.2, 0.25) is 5.91 Å². The van der Waals surface area contributed by atoms with E-state index in [2.05, 4.69) is 10.2 Å². The number of benzene rings is 1. The van der Waals surface area contributed by atoms with Gasteiger partial charge in [0, 0.05) is 25.4 Å². The highest BCUT2D eigenvalue weighted by Crippen LogP contribution is 2.17. The summed E-state index contributed by atoms with van der Waals surface area (Å²) < 4.78 is 18.6. The van der Waals surface area contributed by atoms with Crippen molar-refractivity contribution in [3.05, 3.63) is 24.0 Å². The van der Waals surface area contributed by atoms with Crippen LogP contribution in [0.5, 0.6) is 0 Å². The number of amides is 1. The second-order valence-corrected chi connectivity index (χ2v) is 5.22. The van der Waals surface area contributed by atoms with E-state index in [-0.39, 0.29) is 11.6 Å². The molecule has 1 saturated heterocycles. The van der Waals surface area contributed by atoms with Gasteiger partial charge in [-0.15, -0.1) is 0 Å². The minimum Gasteiger partial charge on any atom is -0.396 e. The third-order valence-corrected chi connectivity index (χ3v) is 3.58. The second kappa shape index (κ2) is 7.38. The van der Waals surface area contributed by atoms with E-state index in [1.54, 1.807) is 0 Å². The zero-order valence-electron chi connectivity index (χ0n) is 12.3. The molecule has 21 heavy (non-hydrogen) atoms. The van der Waals surface area contributed by atoms with Gasteiger partial charge >= 0.3 is 0 Å². The molecule has 1 aliphatic heterocycles. The highest BCUT2D eigenvalue weighted by atomic mass is 19.1. The Balaban J connectivity index is 1.78. The number of nitrogens with two attached hydrogens (primary N) is 1. The van der Waals surface area contributed by atoms with Gasteiger partial charge in [0.05, 0.1) is 18.3 Å². The maximum absolute atomic E-state index is 13.1. The monoisotopic (exact) mass is 295 g/mol. The van der Waals surface area contributed by atoms with Crippen molar-refractivity contribution in [3.8, 4) is 0 Å². The first-order valence-corrected chi connectivity index (χ1v) is 7.27. The van der Waals surface area contributed by atoms with Gasteiger partial charge < -0.3 is 15.8 Å². The highest BCUT2D eigenvalue weighted by molar-refractivity contribution is 5.92. The Morgan fingerprint density at radius 1 is 1.48 bits per heavy atom. The highest BCUT2D eigenvalue weighted by Gasteiger charge is 2.20. The second-order valence-electron chi connectivity index (χ2n) is 5.22. The molecule has 116 valence electrons. The zero-order chi connectivity index (χ0) is 15.2. The van der Waals surface area contributed by atoms with Crippen molar-refractivity contribution in [2.24, 2.45) is 0 Å². The SMILES string of the molecule is CCOC1CCN(CC(=O)Nc2ccc(F)c(N)c2)CC1. The molecule has 3 N–H and O–H groups in total. The normalized spacial score (nSPS) is 16.9. The Bertz CT molecular complexity index is 488. The van der Waals surface area contributed by atoms with Crippen LogP contribution in [0, 0.1) is 5.82 Å². The molecule has 0 unspecified atom stereocenters. The van der Waals surface area contributed by atoms with Gasteiger partial charge in [0.15, 0.2) is 0 Å². The van der Waals surface area contributed by atoms with Gasteiger partial charge in [-0.3, -0.25) is 9.69 Å². The summed E-state index contributed by atoms with van der Waals surface area (Å²) in [6.07, 6.45) is 2.21. The van der Waals surface area contributed by atoms with Gasteiger partial charge in [0.1, 0.15) is 5.82 Å². The van der Waals surface area contributed by atoms with Crippen molar-refractivity contribution < 1.29 is 13.9 Å². The number of carbonyl (C=O) groups is 1. The van der Waals surface area contributed by atoms with Crippen molar-refractivity contribution in [2.45, 2.75) is 25.9 Å². The van der Waals surface area contributed by atoms with Crippen LogP contribution >= 0.6 is 0 Å². The molecule has 1 aromatic rings. The summed E-state index contributed by atoms with van der Waals surface area (Å²) >= 11 is 0. The third kappa shape index (κ3) is 4.68. The molecule has 0 atom stereocenters. The van der Waals surface area contributed by atoms with Crippen LogP contribution in [0.3, 0.4) is 0 Å². The molecule has 0 saturated carbocycles. The van der Waals surface area contributed by atoms with Crippen molar-refractivity contribution in [3.63, 3.8) is 0 Å². The van der Waals surface area contributed by atoms with E-state index in [4.69, 9.17) is 10.5 Å². The largest absolute Gasteiger partial charge is 0.396 e. The van der Waals surface area contributed by atoms with Crippen LogP contribution in [-0.4, -0.2) is 43.2 Å². The fraction of sp³-hybridized carbons (Fsp3) is 0.533. The Hall–Kier alpha value is -1.66. The fourth-order valence-electron chi connectivity index (χ4n) is 2.49. The number of halogens is 1. The minimum atomic E-state index is -0.481. The number of carbonyl (C=O) groups excluding carboxylic acids is 1. The average Bonchev–Trinajstić information content (AvgIpc) is 2.45. The molecule has 1 amide bonds. The predicted molar refractivity (Wildman–Crippen MR) is 80.5 cm³/mol. The molecule has 1 aromatic carbocycles. The van der Waals surface area contributed by atoms with E-state index in [0.29, 0.717) is 18.3 Å². The number of nitrogen functional groups attached to an aromatic ring is 1. The van der Waals surface area contributed by atoms with E-state index < -0.39 is 5.82 Å². The molecule has 5 nitrogen and oxygen atoms in total. The maximum Gasteiger partial charge on any atom is 0.238 e. The summed E-state index contributed by atoms with van der Waals surface area (Å²) in [6, 6.07) is 4.18. The Labute approximate surface area is 124 Å². The fourth-order valence-corrected chi connectivity index (χ4v) is 2.49. The first kappa shape index (κ1) is 15.7. The molecule has 0 spiro atoms. The molecule has 1 fully saturated rings. The van der Waals surface area contributed by atoms with Gasteiger partial charge in [-0.25, -0.2) is 4.39 Å². The lowest BCUT2D eigenvalue weighted by Gasteiger charge is -2.31. The Morgan fingerprint density at radius 3 is 2.81 bits per heavy atom. The van der Waals surface area contributed by atoms with Crippen molar-refractivity contribution in [2.75, 3.05) is 37.3 Å². The minimum absolute atomic E-state index is 0.0327. The number of hydrogen-bond acceptors (Lipinski definition) is 4. The Morgan fingerprint density at radius 2 is 2.19 bits per heavy atom. The number of hydrogen-bond donors (Lipinski definition) is 2. The molecule has 0 bridgehead atoms. The number of rotatable bonds is 5. The summed E-state index contributed by atoms with van der Waals surface area (Å²) in [5.41, 5.74) is 6.02. The lowest BCUT2D eigenvalue weighted by atomic mass is 10.1. The van der Waals surface area contributed by atoms with Crippen LogP contribution in [0.4, 0.5) is 15.8 Å². The van der Waals surface area contributed by atoms with E-state index in [0.717, 1.165) is 32.5 Å². The zero-order valence-corrected chi connectivity index (χ0v) is 12.3. The van der Waals surface area contributed by atoms with Crippen LogP contribution in [0.1, 0.15) is 19.8 Å². The number of piperidine rings is 1. The van der Waals surface area contributed by atoms with E-state index in [9.17, 15) is 9.18 Å². The molecule has 0 aromatic heterocycles. The van der Waals surface area contributed by atoms with Gasteiger partial charge in [0.25, 0.3) is 0 Å². The average molecular weight is 295 g/mol. The van der Waals surface area contributed by atoms with Crippen LogP contribution in [0.15, 0.2) is 18.2 Å². The molecule has 0 radical (unpaired) electrons. The molecule has 1 heterocycles. The smallest absolute Gasteiger partial charge is 0.238 e. The van der Waals surface area contributed by atoms with Crippen LogP contribution < -0.4 is 11.1 Å². The lowest BCUT2D eigenvalue weighted by molar-refractivity contribution is -0.118. The molecule has 2 rings (SSSR count). The van der Waals surface area contributed by atoms with E-state index in [1.807, 2.05) is 6.92 Å².